The molecule has 28 heavy (non-hydrogen) atoms. The van der Waals surface area contributed by atoms with Crippen LogP contribution in [0.4, 0.5) is 0 Å². The van der Waals surface area contributed by atoms with E-state index in [4.69, 9.17) is 23.7 Å². The zero-order chi connectivity index (χ0) is 19.3. The van der Waals surface area contributed by atoms with Crippen LogP contribution in [-0.2, 0) is 11.2 Å². The molecule has 5 rings (SSSR count). The predicted molar refractivity (Wildman–Crippen MR) is 101 cm³/mol. The van der Waals surface area contributed by atoms with Gasteiger partial charge in [0.15, 0.2) is 23.0 Å². The van der Waals surface area contributed by atoms with Crippen LogP contribution in [0.15, 0.2) is 24.3 Å². The van der Waals surface area contributed by atoms with E-state index in [9.17, 15) is 4.79 Å². The van der Waals surface area contributed by atoms with Crippen molar-refractivity contribution < 1.29 is 28.5 Å². The minimum atomic E-state index is -0.431. The fraction of sp³-hybridized carbons (Fsp3) is 0.286. The highest BCUT2D eigenvalue weighted by molar-refractivity contribution is 6.08. The van der Waals surface area contributed by atoms with Gasteiger partial charge >= 0.3 is 5.97 Å². The molecule has 3 aliphatic rings. The molecule has 2 aromatic rings. The molecule has 3 aliphatic heterocycles. The topological polar surface area (TPSA) is 66.5 Å². The van der Waals surface area contributed by atoms with Gasteiger partial charge in [0.2, 0.25) is 13.6 Å². The molecule has 0 spiro atoms. The van der Waals surface area contributed by atoms with Crippen LogP contribution >= 0.6 is 0 Å². The van der Waals surface area contributed by atoms with Crippen LogP contribution in [-0.4, -0.2) is 45.1 Å². The Morgan fingerprint density at radius 2 is 1.75 bits per heavy atom. The van der Waals surface area contributed by atoms with Crippen LogP contribution in [0.2, 0.25) is 0 Å². The number of fused-ring (bicyclic) bond motifs is 4. The van der Waals surface area contributed by atoms with E-state index in [1.165, 1.54) is 0 Å². The fourth-order valence-electron chi connectivity index (χ4n) is 3.53. The molecule has 0 N–H and O–H groups in total. The molecular weight excluding hydrogens is 362 g/mol. The summed E-state index contributed by atoms with van der Waals surface area (Å²) in [4.78, 5) is 14.6. The highest BCUT2D eigenvalue weighted by atomic mass is 16.7. The molecule has 7 nitrogen and oxygen atoms in total. The lowest BCUT2D eigenvalue weighted by Gasteiger charge is -2.13. The summed E-state index contributed by atoms with van der Waals surface area (Å²) < 4.78 is 27.4. The van der Waals surface area contributed by atoms with E-state index < -0.39 is 5.97 Å². The molecule has 2 aromatic carbocycles. The molecule has 3 heterocycles. The number of benzene rings is 2. The van der Waals surface area contributed by atoms with Gasteiger partial charge in [-0.1, -0.05) is 0 Å². The predicted octanol–water partition coefficient (Wildman–Crippen LogP) is 2.92. The van der Waals surface area contributed by atoms with Gasteiger partial charge in [-0.25, -0.2) is 4.79 Å². The summed E-state index contributed by atoms with van der Waals surface area (Å²) in [5.74, 6) is 2.50. The molecule has 0 amide bonds. The Hall–Kier alpha value is -3.19. The van der Waals surface area contributed by atoms with Crippen molar-refractivity contribution in [1.29, 1.82) is 0 Å². The smallest absolute Gasteiger partial charge is 0.348 e. The van der Waals surface area contributed by atoms with Gasteiger partial charge in [-0.05, 0) is 62.0 Å². The summed E-state index contributed by atoms with van der Waals surface area (Å²) >= 11 is 0. The summed E-state index contributed by atoms with van der Waals surface area (Å²) in [6.45, 7) is 1.20. The monoisotopic (exact) mass is 381 g/mol. The number of ether oxygens (including phenoxy) is 5. The van der Waals surface area contributed by atoms with Crippen LogP contribution in [0.1, 0.15) is 27.0 Å². The summed E-state index contributed by atoms with van der Waals surface area (Å²) in [5.41, 5.74) is 3.14. The van der Waals surface area contributed by atoms with Crippen molar-refractivity contribution >= 4 is 17.8 Å². The first kappa shape index (κ1) is 16.9. The number of likely N-dealkylation sites (N-methyl/N-ethyl adjacent to an activating group) is 1. The number of cyclic esters (lactones) is 1. The first-order chi connectivity index (χ1) is 13.6. The molecule has 0 atom stereocenters. The van der Waals surface area contributed by atoms with Crippen LogP contribution in [0.5, 0.6) is 23.0 Å². The standard InChI is InChI=1S/C21H19NO6/c1-22(2)6-5-12-7-17-18(26-10-25-17)9-13(12)8-16-14-3-4-15-20(27-11-24-15)19(14)21(23)28-16/h3-4,7-9H,5-6,10-11H2,1-2H3/b16-8-. The molecule has 0 unspecified atom stereocenters. The number of hydrogen-bond acceptors (Lipinski definition) is 7. The molecule has 0 bridgehead atoms. The number of nitrogens with zero attached hydrogens (tertiary/aromatic N) is 1. The second kappa shape index (κ2) is 6.45. The summed E-state index contributed by atoms with van der Waals surface area (Å²) in [5, 5.41) is 0. The van der Waals surface area contributed by atoms with Gasteiger partial charge in [0, 0.05) is 12.1 Å². The Balaban J connectivity index is 1.58. The maximum Gasteiger partial charge on any atom is 0.348 e. The Morgan fingerprint density at radius 1 is 1.00 bits per heavy atom. The lowest BCUT2D eigenvalue weighted by atomic mass is 10.00. The molecule has 0 fully saturated rings. The largest absolute Gasteiger partial charge is 0.454 e. The normalized spacial score (nSPS) is 17.4. The molecule has 0 radical (unpaired) electrons. The van der Waals surface area contributed by atoms with E-state index in [0.717, 1.165) is 29.8 Å². The second-order valence-electron chi connectivity index (χ2n) is 7.08. The molecule has 0 saturated heterocycles. The molecule has 0 saturated carbocycles. The number of carbonyl (C=O) groups excluding carboxylic acids is 1. The molecule has 144 valence electrons. The third kappa shape index (κ3) is 2.75. The second-order valence-corrected chi connectivity index (χ2v) is 7.08. The van der Waals surface area contributed by atoms with Crippen LogP contribution in [0.25, 0.3) is 11.8 Å². The third-order valence-corrected chi connectivity index (χ3v) is 4.96. The Morgan fingerprint density at radius 3 is 2.57 bits per heavy atom. The number of carbonyl (C=O) groups is 1. The van der Waals surface area contributed by atoms with Crippen LogP contribution in [0, 0.1) is 0 Å². The highest BCUT2D eigenvalue weighted by Crippen LogP contribution is 2.45. The lowest BCUT2D eigenvalue weighted by molar-refractivity contribution is 0.0713. The quantitative estimate of drug-likeness (QED) is 0.755. The van der Waals surface area contributed by atoms with Crippen LogP contribution in [0.3, 0.4) is 0 Å². The van der Waals surface area contributed by atoms with Crippen molar-refractivity contribution in [3.8, 4) is 23.0 Å². The molecule has 0 aliphatic carbocycles. The average Bonchev–Trinajstić information content (AvgIpc) is 3.38. The van der Waals surface area contributed by atoms with Gasteiger partial charge in [0.1, 0.15) is 11.3 Å². The zero-order valence-corrected chi connectivity index (χ0v) is 15.6. The van der Waals surface area contributed by atoms with E-state index in [-0.39, 0.29) is 13.6 Å². The first-order valence-corrected chi connectivity index (χ1v) is 9.04. The minimum absolute atomic E-state index is 0.106. The first-order valence-electron chi connectivity index (χ1n) is 9.04. The Bertz CT molecular complexity index is 1010. The van der Waals surface area contributed by atoms with Gasteiger partial charge < -0.3 is 28.6 Å². The fourth-order valence-corrected chi connectivity index (χ4v) is 3.53. The van der Waals surface area contributed by atoms with Gasteiger partial charge in [0.05, 0.1) is 0 Å². The average molecular weight is 381 g/mol. The SMILES string of the molecule is CN(C)CCc1cc2c(cc1/C=C1\OC(=O)c3c1ccc1c3OCO1)OCO2. The van der Waals surface area contributed by atoms with Crippen molar-refractivity contribution in [2.45, 2.75) is 6.42 Å². The van der Waals surface area contributed by atoms with Crippen molar-refractivity contribution in [3.63, 3.8) is 0 Å². The summed E-state index contributed by atoms with van der Waals surface area (Å²) in [7, 11) is 4.06. The van der Waals surface area contributed by atoms with E-state index >= 15 is 0 Å². The van der Waals surface area contributed by atoms with Gasteiger partial charge in [-0.15, -0.1) is 0 Å². The minimum Gasteiger partial charge on any atom is -0.454 e. The number of hydrogen-bond donors (Lipinski definition) is 0. The van der Waals surface area contributed by atoms with Crippen molar-refractivity contribution in [2.24, 2.45) is 0 Å². The van der Waals surface area contributed by atoms with Gasteiger partial charge in [-0.2, -0.15) is 0 Å². The van der Waals surface area contributed by atoms with Crippen molar-refractivity contribution in [2.75, 3.05) is 34.2 Å². The van der Waals surface area contributed by atoms with E-state index in [2.05, 4.69) is 4.90 Å². The summed E-state index contributed by atoms with van der Waals surface area (Å²) in [6, 6.07) is 7.55. The Kier molecular flexibility index (Phi) is 3.91. The van der Waals surface area contributed by atoms with E-state index in [1.807, 2.05) is 38.4 Å². The number of esters is 1. The van der Waals surface area contributed by atoms with Crippen LogP contribution < -0.4 is 18.9 Å². The highest BCUT2D eigenvalue weighted by Gasteiger charge is 2.34. The van der Waals surface area contributed by atoms with Gasteiger partial charge in [0.25, 0.3) is 0 Å². The Labute approximate surface area is 162 Å². The lowest BCUT2D eigenvalue weighted by Crippen LogP contribution is -2.15. The summed E-state index contributed by atoms with van der Waals surface area (Å²) in [6.07, 6.45) is 2.70. The van der Waals surface area contributed by atoms with Crippen molar-refractivity contribution in [3.05, 3.63) is 46.5 Å². The molecular formula is C21H19NO6. The molecule has 7 heteroatoms. The maximum absolute atomic E-state index is 12.5. The van der Waals surface area contributed by atoms with Crippen molar-refractivity contribution in [1.82, 2.24) is 4.90 Å². The molecule has 0 aromatic heterocycles. The maximum atomic E-state index is 12.5. The van der Waals surface area contributed by atoms with Gasteiger partial charge in [-0.3, -0.25) is 0 Å². The third-order valence-electron chi connectivity index (χ3n) is 4.96. The van der Waals surface area contributed by atoms with E-state index in [0.29, 0.717) is 34.1 Å². The zero-order valence-electron chi connectivity index (χ0n) is 15.6. The number of rotatable bonds is 4. The van der Waals surface area contributed by atoms with E-state index in [1.54, 1.807) is 6.07 Å².